The molecule has 7 nitrogen and oxygen atoms in total. The van der Waals surface area contributed by atoms with Crippen LogP contribution in [0.3, 0.4) is 0 Å². The summed E-state index contributed by atoms with van der Waals surface area (Å²) in [5, 5.41) is 3.67. The Morgan fingerprint density at radius 2 is 1.96 bits per heavy atom. The van der Waals surface area contributed by atoms with E-state index < -0.39 is 9.84 Å². The maximum Gasteiger partial charge on any atom is 0.267 e. The zero-order chi connectivity index (χ0) is 18.0. The molecule has 1 aliphatic rings. The molecule has 0 radical (unpaired) electrons. The number of sulfone groups is 1. The summed E-state index contributed by atoms with van der Waals surface area (Å²) in [6, 6.07) is 6.64. The van der Waals surface area contributed by atoms with E-state index in [1.54, 1.807) is 35.9 Å². The van der Waals surface area contributed by atoms with Crippen LogP contribution in [0.5, 0.6) is 0 Å². The van der Waals surface area contributed by atoms with Crippen LogP contribution in [-0.4, -0.2) is 69.4 Å². The Morgan fingerprint density at radius 3 is 2.64 bits per heavy atom. The standard InChI is InChI=1S/C17H23N3O4S/c1-19-15-4-3-14(25(2,22)23)11-13(15)12-16(19)17(21)18-5-6-20-7-9-24-10-8-20/h3-4,11-12H,5-10H2,1-2H3,(H,18,21). The minimum atomic E-state index is -3.27. The van der Waals surface area contributed by atoms with Crippen molar-refractivity contribution in [2.45, 2.75) is 4.90 Å². The molecule has 1 aliphatic heterocycles. The van der Waals surface area contributed by atoms with Crippen LogP contribution in [0.15, 0.2) is 29.2 Å². The lowest BCUT2D eigenvalue weighted by molar-refractivity contribution is 0.0383. The minimum absolute atomic E-state index is 0.159. The number of aryl methyl sites for hydroxylation is 1. The van der Waals surface area contributed by atoms with Gasteiger partial charge in [0.2, 0.25) is 0 Å². The molecule has 136 valence electrons. The molecule has 1 N–H and O–H groups in total. The number of morpholine rings is 1. The van der Waals surface area contributed by atoms with Gasteiger partial charge in [-0.15, -0.1) is 0 Å². The molecule has 1 amide bonds. The molecule has 8 heteroatoms. The molecule has 0 saturated carbocycles. The second-order valence-corrected chi connectivity index (χ2v) is 8.31. The average Bonchev–Trinajstić information content (AvgIpc) is 2.91. The summed E-state index contributed by atoms with van der Waals surface area (Å²) in [5.41, 5.74) is 1.34. The summed E-state index contributed by atoms with van der Waals surface area (Å²) >= 11 is 0. The van der Waals surface area contributed by atoms with Crippen molar-refractivity contribution in [3.05, 3.63) is 30.0 Å². The fraction of sp³-hybridized carbons (Fsp3) is 0.471. The molecule has 0 atom stereocenters. The molecule has 0 aliphatic carbocycles. The first-order chi connectivity index (χ1) is 11.9. The van der Waals surface area contributed by atoms with Gasteiger partial charge in [0.1, 0.15) is 5.69 Å². The monoisotopic (exact) mass is 365 g/mol. The molecule has 2 aromatic rings. The molecule has 1 saturated heterocycles. The number of hydrogen-bond acceptors (Lipinski definition) is 5. The van der Waals surface area contributed by atoms with Crippen LogP contribution >= 0.6 is 0 Å². The number of amides is 1. The number of aromatic nitrogens is 1. The number of benzene rings is 1. The summed E-state index contributed by atoms with van der Waals surface area (Å²) in [5.74, 6) is -0.159. The van der Waals surface area contributed by atoms with E-state index in [-0.39, 0.29) is 10.8 Å². The number of fused-ring (bicyclic) bond motifs is 1. The maximum atomic E-state index is 12.5. The number of hydrogen-bond donors (Lipinski definition) is 1. The normalized spacial score (nSPS) is 16.2. The van der Waals surface area contributed by atoms with Gasteiger partial charge in [-0.3, -0.25) is 9.69 Å². The Bertz CT molecular complexity index is 883. The summed E-state index contributed by atoms with van der Waals surface area (Å²) in [6.45, 7) is 4.60. The Balaban J connectivity index is 1.71. The van der Waals surface area contributed by atoms with E-state index in [0.717, 1.165) is 43.8 Å². The summed E-state index contributed by atoms with van der Waals surface area (Å²) in [6.07, 6.45) is 1.18. The van der Waals surface area contributed by atoms with Crippen molar-refractivity contribution in [1.29, 1.82) is 0 Å². The quantitative estimate of drug-likeness (QED) is 0.841. The number of carbonyl (C=O) groups is 1. The maximum absolute atomic E-state index is 12.5. The van der Waals surface area contributed by atoms with Gasteiger partial charge in [-0.1, -0.05) is 0 Å². The first kappa shape index (κ1) is 17.9. The molecule has 2 heterocycles. The Kier molecular flexibility index (Phi) is 5.12. The lowest BCUT2D eigenvalue weighted by atomic mass is 10.2. The van der Waals surface area contributed by atoms with Gasteiger partial charge in [-0.25, -0.2) is 8.42 Å². The van der Waals surface area contributed by atoms with Gasteiger partial charge in [0.05, 0.1) is 18.1 Å². The largest absolute Gasteiger partial charge is 0.379 e. The fourth-order valence-electron chi connectivity index (χ4n) is 3.02. The predicted molar refractivity (Wildman–Crippen MR) is 95.6 cm³/mol. The minimum Gasteiger partial charge on any atom is -0.379 e. The Labute approximate surface area is 147 Å². The van der Waals surface area contributed by atoms with E-state index >= 15 is 0 Å². The van der Waals surface area contributed by atoms with Gasteiger partial charge in [-0.05, 0) is 24.3 Å². The number of rotatable bonds is 5. The molecule has 1 aromatic carbocycles. The van der Waals surface area contributed by atoms with Gasteiger partial charge in [0.15, 0.2) is 9.84 Å². The average molecular weight is 365 g/mol. The zero-order valence-corrected chi connectivity index (χ0v) is 15.3. The molecular formula is C17H23N3O4S. The van der Waals surface area contributed by atoms with Gasteiger partial charge < -0.3 is 14.6 Å². The summed E-state index contributed by atoms with van der Waals surface area (Å²) in [4.78, 5) is 15.0. The highest BCUT2D eigenvalue weighted by Crippen LogP contribution is 2.22. The molecule has 25 heavy (non-hydrogen) atoms. The number of nitrogens with zero attached hydrogens (tertiary/aromatic N) is 2. The van der Waals surface area contributed by atoms with Crippen LogP contribution in [0.25, 0.3) is 10.9 Å². The van der Waals surface area contributed by atoms with Crippen LogP contribution < -0.4 is 5.32 Å². The first-order valence-electron chi connectivity index (χ1n) is 8.24. The summed E-state index contributed by atoms with van der Waals surface area (Å²) in [7, 11) is -1.47. The topological polar surface area (TPSA) is 80.6 Å². The van der Waals surface area contributed by atoms with E-state index in [1.807, 2.05) is 0 Å². The molecular weight excluding hydrogens is 342 g/mol. The van der Waals surface area contributed by atoms with E-state index in [0.29, 0.717) is 12.2 Å². The van der Waals surface area contributed by atoms with Crippen molar-refractivity contribution in [3.63, 3.8) is 0 Å². The Morgan fingerprint density at radius 1 is 1.24 bits per heavy atom. The van der Waals surface area contributed by atoms with Crippen LogP contribution in [0, 0.1) is 0 Å². The number of nitrogens with one attached hydrogen (secondary N) is 1. The highest BCUT2D eigenvalue weighted by atomic mass is 32.2. The third kappa shape index (κ3) is 4.02. The van der Waals surface area contributed by atoms with Crippen molar-refractivity contribution in [1.82, 2.24) is 14.8 Å². The third-order valence-corrected chi connectivity index (χ3v) is 5.60. The lowest BCUT2D eigenvalue weighted by Crippen LogP contribution is -2.41. The predicted octanol–water partition coefficient (Wildman–Crippen LogP) is 0.644. The van der Waals surface area contributed by atoms with Gasteiger partial charge >= 0.3 is 0 Å². The van der Waals surface area contributed by atoms with Crippen molar-refractivity contribution >= 4 is 26.6 Å². The molecule has 3 rings (SSSR count). The highest BCUT2D eigenvalue weighted by molar-refractivity contribution is 7.90. The highest BCUT2D eigenvalue weighted by Gasteiger charge is 2.16. The van der Waals surface area contributed by atoms with Crippen LogP contribution in [0.2, 0.25) is 0 Å². The second kappa shape index (κ2) is 7.15. The molecule has 1 aromatic heterocycles. The van der Waals surface area contributed by atoms with Crippen molar-refractivity contribution in [2.75, 3.05) is 45.6 Å². The third-order valence-electron chi connectivity index (χ3n) is 4.49. The van der Waals surface area contributed by atoms with Crippen molar-refractivity contribution in [3.8, 4) is 0 Å². The fourth-order valence-corrected chi connectivity index (χ4v) is 3.68. The van der Waals surface area contributed by atoms with Gasteiger partial charge in [0, 0.05) is 50.4 Å². The van der Waals surface area contributed by atoms with Gasteiger partial charge in [-0.2, -0.15) is 0 Å². The Hall–Kier alpha value is -1.90. The van der Waals surface area contributed by atoms with Crippen LogP contribution in [0.1, 0.15) is 10.5 Å². The van der Waals surface area contributed by atoms with E-state index in [1.165, 1.54) is 6.26 Å². The zero-order valence-electron chi connectivity index (χ0n) is 14.5. The van der Waals surface area contributed by atoms with Crippen molar-refractivity contribution < 1.29 is 17.9 Å². The van der Waals surface area contributed by atoms with E-state index in [2.05, 4.69) is 10.2 Å². The molecule has 0 bridgehead atoms. The molecule has 0 unspecified atom stereocenters. The second-order valence-electron chi connectivity index (χ2n) is 6.29. The smallest absolute Gasteiger partial charge is 0.267 e. The van der Waals surface area contributed by atoms with Crippen LogP contribution in [0.4, 0.5) is 0 Å². The number of carbonyl (C=O) groups excluding carboxylic acids is 1. The molecule has 0 spiro atoms. The SMILES string of the molecule is Cn1c(C(=O)NCCN2CCOCC2)cc2cc(S(C)(=O)=O)ccc21. The van der Waals surface area contributed by atoms with Crippen molar-refractivity contribution in [2.24, 2.45) is 7.05 Å². The summed E-state index contributed by atoms with van der Waals surface area (Å²) < 4.78 is 30.5. The number of ether oxygens (including phenoxy) is 1. The van der Waals surface area contributed by atoms with E-state index in [4.69, 9.17) is 4.74 Å². The molecule has 1 fully saturated rings. The first-order valence-corrected chi connectivity index (χ1v) is 10.1. The lowest BCUT2D eigenvalue weighted by Gasteiger charge is -2.26. The van der Waals surface area contributed by atoms with Gasteiger partial charge in [0.25, 0.3) is 5.91 Å². The van der Waals surface area contributed by atoms with Crippen LogP contribution in [-0.2, 0) is 21.6 Å². The van der Waals surface area contributed by atoms with E-state index in [9.17, 15) is 13.2 Å².